The Morgan fingerprint density at radius 1 is 1.23 bits per heavy atom. The van der Waals surface area contributed by atoms with Gasteiger partial charge in [-0.25, -0.2) is 0 Å². The Morgan fingerprint density at radius 3 is 1.92 bits per heavy atom. The third kappa shape index (κ3) is 11.3. The molecular formula is C6H25P7. The zero-order chi connectivity index (χ0) is 8.85. The third-order valence-electron chi connectivity index (χ3n) is 1.33. The molecule has 7 heteroatoms. The molecule has 0 aliphatic carbocycles. The van der Waals surface area contributed by atoms with Crippen molar-refractivity contribution < 1.29 is 0 Å². The van der Waals surface area contributed by atoms with Gasteiger partial charge < -0.3 is 0 Å². The fraction of sp³-hybridized carbons (Fsp3) is 1.00. The summed E-state index contributed by atoms with van der Waals surface area (Å²) in [5.41, 5.74) is 0. The molecule has 84 valence electrons. The van der Waals surface area contributed by atoms with Crippen molar-refractivity contribution in [3.8, 4) is 0 Å². The maximum Gasteiger partial charge on any atom is -0.00390 e. The summed E-state index contributed by atoms with van der Waals surface area (Å²) in [6.07, 6.45) is 1.42. The molecule has 6 atom stereocenters. The van der Waals surface area contributed by atoms with Crippen LogP contribution < -0.4 is 0 Å². The first-order valence-corrected chi connectivity index (χ1v) is 16.0. The van der Waals surface area contributed by atoms with E-state index in [2.05, 4.69) is 40.4 Å². The maximum atomic E-state index is 2.97. The maximum absolute atomic E-state index is 2.97. The summed E-state index contributed by atoms with van der Waals surface area (Å²) in [5, 5.41) is 0. The molecule has 0 aromatic carbocycles. The van der Waals surface area contributed by atoms with Crippen molar-refractivity contribution in [1.82, 2.24) is 0 Å². The first-order valence-electron chi connectivity index (χ1n) is 3.33. The van der Waals surface area contributed by atoms with Gasteiger partial charge in [0, 0.05) is 0 Å². The number of hydrogen-bond acceptors (Lipinski definition) is 0. The van der Waals surface area contributed by atoms with E-state index in [0.717, 1.165) is 7.96 Å². The van der Waals surface area contributed by atoms with Gasteiger partial charge in [0.25, 0.3) is 0 Å². The predicted molar refractivity (Wildman–Crippen MR) is 93.0 cm³/mol. The fourth-order valence-corrected chi connectivity index (χ4v) is 19.2. The molecule has 0 aromatic rings. The van der Waals surface area contributed by atoms with E-state index in [1.54, 1.807) is 0 Å². The second kappa shape index (κ2) is 13.1. The van der Waals surface area contributed by atoms with Gasteiger partial charge in [-0.1, -0.05) is 45.0 Å². The fourth-order valence-electron chi connectivity index (χ4n) is 0.552. The van der Waals surface area contributed by atoms with Gasteiger partial charge in [-0.05, 0) is 25.7 Å². The average Bonchev–Trinajstić information content (AvgIpc) is 1.99. The van der Waals surface area contributed by atoms with E-state index < -0.39 is 0 Å². The van der Waals surface area contributed by atoms with Crippen LogP contribution in [0.25, 0.3) is 0 Å². The van der Waals surface area contributed by atoms with Gasteiger partial charge >= 0.3 is 0 Å². The molecule has 0 fully saturated rings. The quantitative estimate of drug-likeness (QED) is 0.531. The largest absolute Gasteiger partial charge is 0.110 e. The molecule has 0 aliphatic rings. The summed E-state index contributed by atoms with van der Waals surface area (Å²) in [5.74, 6) is 1.53. The standard InChI is InChI=1S/C4H17P7.2CH4/c1-3-10(8-5)4-9(2)11(6)7;;/h8H,3-7H2,1-2H3;2*1H4. The Kier molecular flexibility index (Phi) is 21.4. The van der Waals surface area contributed by atoms with Crippen LogP contribution >= 0.6 is 57.0 Å². The molecule has 0 aromatic heterocycles. The highest BCUT2D eigenvalue weighted by atomic mass is 32.7. The highest BCUT2D eigenvalue weighted by molar-refractivity contribution is 8.73. The van der Waals surface area contributed by atoms with E-state index in [0.29, 0.717) is 15.2 Å². The van der Waals surface area contributed by atoms with E-state index in [1.165, 1.54) is 12.1 Å². The van der Waals surface area contributed by atoms with Gasteiger partial charge in [-0.2, -0.15) is 0 Å². The van der Waals surface area contributed by atoms with Crippen LogP contribution in [0.15, 0.2) is 0 Å². The molecule has 0 amide bonds. The Morgan fingerprint density at radius 2 is 1.69 bits per heavy atom. The van der Waals surface area contributed by atoms with Crippen LogP contribution in [-0.2, 0) is 0 Å². The van der Waals surface area contributed by atoms with E-state index >= 15 is 0 Å². The van der Waals surface area contributed by atoms with Gasteiger partial charge in [-0.3, -0.25) is 0 Å². The summed E-state index contributed by atoms with van der Waals surface area (Å²) in [6, 6.07) is 0. The Hall–Kier alpha value is 3.01. The van der Waals surface area contributed by atoms with E-state index in [9.17, 15) is 0 Å². The summed E-state index contributed by atoms with van der Waals surface area (Å²) in [7, 11) is 10.7. The van der Waals surface area contributed by atoms with Crippen LogP contribution in [0.5, 0.6) is 0 Å². The average molecular weight is 314 g/mol. The summed E-state index contributed by atoms with van der Waals surface area (Å²) >= 11 is 0. The van der Waals surface area contributed by atoms with Gasteiger partial charge in [0.1, 0.15) is 0 Å². The molecule has 0 bridgehead atoms. The van der Waals surface area contributed by atoms with Crippen molar-refractivity contribution in [3.05, 3.63) is 0 Å². The Balaban J connectivity index is -0.000000500. The molecule has 13 heavy (non-hydrogen) atoms. The second-order valence-corrected chi connectivity index (χ2v) is 23.5. The monoisotopic (exact) mass is 314 g/mol. The van der Waals surface area contributed by atoms with Crippen LogP contribution in [0.2, 0.25) is 0 Å². The summed E-state index contributed by atoms with van der Waals surface area (Å²) < 4.78 is 0. The van der Waals surface area contributed by atoms with Gasteiger partial charge in [0.15, 0.2) is 0 Å². The van der Waals surface area contributed by atoms with Crippen LogP contribution in [0.3, 0.4) is 0 Å². The van der Waals surface area contributed by atoms with Crippen LogP contribution in [0, 0.1) is 0 Å². The molecule has 0 aliphatic heterocycles. The van der Waals surface area contributed by atoms with Crippen molar-refractivity contribution in [2.75, 3.05) is 18.7 Å². The highest BCUT2D eigenvalue weighted by Gasteiger charge is 2.11. The second-order valence-electron chi connectivity index (χ2n) is 2.16. The molecule has 0 heterocycles. The molecule has 0 spiro atoms. The van der Waals surface area contributed by atoms with Crippen LogP contribution in [0.1, 0.15) is 21.8 Å². The lowest BCUT2D eigenvalue weighted by Gasteiger charge is -2.21. The zero-order valence-corrected chi connectivity index (χ0v) is 14.1. The lowest BCUT2D eigenvalue weighted by atomic mass is 11.0. The first kappa shape index (κ1) is 21.3. The molecule has 0 saturated carbocycles. The molecule has 0 N–H and O–H groups in total. The summed E-state index contributed by atoms with van der Waals surface area (Å²) in [6.45, 7) is 4.98. The van der Waals surface area contributed by atoms with Crippen molar-refractivity contribution in [1.29, 1.82) is 0 Å². The Labute approximate surface area is 97.5 Å². The van der Waals surface area contributed by atoms with Crippen molar-refractivity contribution in [2.45, 2.75) is 21.8 Å². The molecule has 0 saturated heterocycles. The van der Waals surface area contributed by atoms with Gasteiger partial charge in [-0.15, -0.1) is 26.8 Å². The van der Waals surface area contributed by atoms with Gasteiger partial charge in [0.2, 0.25) is 0 Å². The highest BCUT2D eigenvalue weighted by Crippen LogP contribution is 2.82. The zero-order valence-electron chi connectivity index (χ0n) is 6.99. The topological polar surface area (TPSA) is 0 Å². The number of rotatable bonds is 5. The van der Waals surface area contributed by atoms with E-state index in [4.69, 9.17) is 0 Å². The van der Waals surface area contributed by atoms with Crippen molar-refractivity contribution >= 4 is 57.0 Å². The van der Waals surface area contributed by atoms with Crippen molar-refractivity contribution in [3.63, 3.8) is 0 Å². The van der Waals surface area contributed by atoms with Gasteiger partial charge in [0.05, 0.1) is 0 Å². The SMILES string of the molecule is C.C.CCP(CP(C)P(P)P)PP. The smallest absolute Gasteiger partial charge is 0.00390 e. The Bertz CT molecular complexity index is 93.0. The number of hydrogen-bond donors (Lipinski definition) is 0. The third-order valence-corrected chi connectivity index (χ3v) is 23.5. The first-order chi connectivity index (χ1) is 5.11. The molecule has 0 rings (SSSR count). The van der Waals surface area contributed by atoms with Crippen LogP contribution in [0.4, 0.5) is 0 Å². The molecule has 0 nitrogen and oxygen atoms in total. The molecular weight excluding hydrogens is 289 g/mol. The van der Waals surface area contributed by atoms with E-state index in [-0.39, 0.29) is 21.8 Å². The minimum atomic E-state index is 0. The van der Waals surface area contributed by atoms with Crippen molar-refractivity contribution in [2.24, 2.45) is 0 Å². The normalized spacial score (nSPS) is 15.2. The lowest BCUT2D eigenvalue weighted by molar-refractivity contribution is 1.51. The predicted octanol–water partition coefficient (Wildman–Crippen LogP) is 6.19. The molecule has 6 unspecified atom stereocenters. The summed E-state index contributed by atoms with van der Waals surface area (Å²) in [4.78, 5) is 0. The van der Waals surface area contributed by atoms with Crippen LogP contribution in [-0.4, -0.2) is 18.7 Å². The minimum Gasteiger partial charge on any atom is -0.110 e. The molecule has 0 radical (unpaired) electrons. The minimum absolute atomic E-state index is 0. The lowest BCUT2D eigenvalue weighted by Crippen LogP contribution is -1.75. The van der Waals surface area contributed by atoms with E-state index in [1.807, 2.05) is 0 Å².